The number of carbonyl (C=O) groups excluding carboxylic acids is 1. The van der Waals surface area contributed by atoms with E-state index in [1.165, 1.54) is 38.3 Å². The molecule has 0 spiro atoms. The van der Waals surface area contributed by atoms with Gasteiger partial charge >= 0.3 is 0 Å². The van der Waals surface area contributed by atoms with Gasteiger partial charge in [0, 0.05) is 4.47 Å². The summed E-state index contributed by atoms with van der Waals surface area (Å²) in [5.41, 5.74) is 3.70. The molecule has 2 N–H and O–H groups in total. The van der Waals surface area contributed by atoms with Crippen molar-refractivity contribution in [2.24, 2.45) is 5.10 Å². The first-order chi connectivity index (χ1) is 14.1. The van der Waals surface area contributed by atoms with E-state index in [0.717, 1.165) is 28.8 Å². The van der Waals surface area contributed by atoms with Gasteiger partial charge in [-0.05, 0) is 53.9 Å². The third-order valence-electron chi connectivity index (χ3n) is 4.47. The first kappa shape index (κ1) is 23.1. The summed E-state index contributed by atoms with van der Waals surface area (Å²) in [6.07, 6.45) is 7.70. The van der Waals surface area contributed by atoms with Crippen LogP contribution in [0.3, 0.4) is 0 Å². The van der Waals surface area contributed by atoms with Gasteiger partial charge in [0.1, 0.15) is 5.75 Å². The minimum absolute atomic E-state index is 0.507. The Morgan fingerprint density at radius 1 is 1.07 bits per heavy atom. The molecule has 2 rings (SSSR count). The summed E-state index contributed by atoms with van der Waals surface area (Å²) in [6, 6.07) is 14.4. The van der Waals surface area contributed by atoms with Crippen LogP contribution in [0.25, 0.3) is 0 Å². The molecule has 29 heavy (non-hydrogen) atoms. The molecule has 0 radical (unpaired) electrons. The average Bonchev–Trinajstić information content (AvgIpc) is 2.74. The Morgan fingerprint density at radius 3 is 2.41 bits per heavy atom. The van der Waals surface area contributed by atoms with Crippen molar-refractivity contribution in [1.82, 2.24) is 5.43 Å². The van der Waals surface area contributed by atoms with Gasteiger partial charge in [-0.1, -0.05) is 67.1 Å². The number of unbranched alkanes of at least 4 members (excludes halogenated alkanes) is 5. The summed E-state index contributed by atoms with van der Waals surface area (Å²) >= 11 is 3.32. The van der Waals surface area contributed by atoms with E-state index in [-0.39, 0.29) is 0 Å². The summed E-state index contributed by atoms with van der Waals surface area (Å²) in [7, 11) is 0. The molecule has 0 saturated heterocycles. The van der Waals surface area contributed by atoms with Crippen molar-refractivity contribution in [1.29, 1.82) is 0 Å². The zero-order chi connectivity index (χ0) is 20.9. The monoisotopic (exact) mass is 460 g/mol. The molecule has 0 fully saturated rings. The number of hydrazone groups is 1. The Kier molecular flexibility index (Phi) is 10.5. The summed E-state index contributed by atoms with van der Waals surface area (Å²) in [5.74, 6) is 0.243. The van der Waals surface area contributed by atoms with E-state index in [1.807, 2.05) is 24.3 Å². The van der Waals surface area contributed by atoms with Crippen molar-refractivity contribution < 1.29 is 14.6 Å². The van der Waals surface area contributed by atoms with Gasteiger partial charge in [-0.3, -0.25) is 4.79 Å². The van der Waals surface area contributed by atoms with E-state index in [4.69, 9.17) is 4.74 Å². The Hall–Kier alpha value is -2.18. The van der Waals surface area contributed by atoms with Crippen LogP contribution in [0.4, 0.5) is 0 Å². The van der Waals surface area contributed by atoms with Gasteiger partial charge in [-0.15, -0.1) is 0 Å². The number of nitrogens with zero attached hydrogens (tertiary/aromatic N) is 1. The zero-order valence-corrected chi connectivity index (χ0v) is 18.4. The number of hydrogen-bond donors (Lipinski definition) is 2. The van der Waals surface area contributed by atoms with Crippen LogP contribution in [0.2, 0.25) is 0 Å². The topological polar surface area (TPSA) is 70.9 Å². The molecule has 2 aromatic rings. The van der Waals surface area contributed by atoms with Crippen molar-refractivity contribution in [3.05, 3.63) is 64.1 Å². The molecule has 0 aliphatic carbocycles. The summed E-state index contributed by atoms with van der Waals surface area (Å²) in [4.78, 5) is 12.0. The van der Waals surface area contributed by atoms with Gasteiger partial charge in [0.25, 0.3) is 5.91 Å². The molecule has 2 aromatic carbocycles. The molecule has 0 bridgehead atoms. The molecule has 156 valence electrons. The van der Waals surface area contributed by atoms with Crippen molar-refractivity contribution in [2.45, 2.75) is 51.6 Å². The molecule has 0 aromatic heterocycles. The SMILES string of the molecule is CCCCCCCCOc1ccc(/C=N/NC(=O)C(O)c2ccc(Br)cc2)cc1. The molecular formula is C23H29BrN2O3. The predicted octanol–water partition coefficient (Wildman–Crippen LogP) is 5.37. The van der Waals surface area contributed by atoms with Gasteiger partial charge in [-0.2, -0.15) is 5.10 Å². The third kappa shape index (κ3) is 8.79. The molecule has 1 unspecified atom stereocenters. The molecule has 0 heterocycles. The lowest BCUT2D eigenvalue weighted by atomic mass is 10.1. The van der Waals surface area contributed by atoms with Crippen LogP contribution in [0, 0.1) is 0 Å². The lowest BCUT2D eigenvalue weighted by molar-refractivity contribution is -0.129. The predicted molar refractivity (Wildman–Crippen MR) is 120 cm³/mol. The van der Waals surface area contributed by atoms with E-state index < -0.39 is 12.0 Å². The smallest absolute Gasteiger partial charge is 0.273 e. The fourth-order valence-corrected chi connectivity index (χ4v) is 3.01. The summed E-state index contributed by atoms with van der Waals surface area (Å²) < 4.78 is 6.63. The van der Waals surface area contributed by atoms with Crippen molar-refractivity contribution in [3.63, 3.8) is 0 Å². The van der Waals surface area contributed by atoms with Crippen molar-refractivity contribution >= 4 is 28.1 Å². The fraction of sp³-hybridized carbons (Fsp3) is 0.391. The Labute approximate surface area is 181 Å². The summed E-state index contributed by atoms with van der Waals surface area (Å²) in [5, 5.41) is 14.0. The maximum Gasteiger partial charge on any atom is 0.273 e. The maximum absolute atomic E-state index is 12.0. The lowest BCUT2D eigenvalue weighted by Crippen LogP contribution is -2.25. The van der Waals surface area contributed by atoms with Crippen molar-refractivity contribution in [3.8, 4) is 5.75 Å². The molecule has 1 amide bonds. The zero-order valence-electron chi connectivity index (χ0n) is 16.8. The molecule has 5 nitrogen and oxygen atoms in total. The Balaban J connectivity index is 1.71. The van der Waals surface area contributed by atoms with E-state index in [0.29, 0.717) is 5.56 Å². The second-order valence-corrected chi connectivity index (χ2v) is 7.79. The van der Waals surface area contributed by atoms with Gasteiger partial charge in [0.2, 0.25) is 0 Å². The molecule has 0 aliphatic rings. The maximum atomic E-state index is 12.0. The molecule has 6 heteroatoms. The standard InChI is InChI=1S/C23H29BrN2O3/c1-2-3-4-5-6-7-16-29-21-14-8-18(9-15-21)17-25-26-23(28)22(27)19-10-12-20(24)13-11-19/h8-15,17,22,27H,2-7,16H2,1H3,(H,26,28)/b25-17+. The highest BCUT2D eigenvalue weighted by atomic mass is 79.9. The van der Waals surface area contributed by atoms with E-state index in [1.54, 1.807) is 24.3 Å². The fourth-order valence-electron chi connectivity index (χ4n) is 2.75. The van der Waals surface area contributed by atoms with Crippen molar-refractivity contribution in [2.75, 3.05) is 6.61 Å². The van der Waals surface area contributed by atoms with Crippen LogP contribution < -0.4 is 10.2 Å². The van der Waals surface area contributed by atoms with Gasteiger partial charge < -0.3 is 9.84 Å². The number of rotatable bonds is 12. The number of carbonyl (C=O) groups is 1. The number of benzene rings is 2. The largest absolute Gasteiger partial charge is 0.494 e. The Morgan fingerprint density at radius 2 is 1.72 bits per heavy atom. The number of nitrogens with one attached hydrogen (secondary N) is 1. The van der Waals surface area contributed by atoms with E-state index >= 15 is 0 Å². The second-order valence-electron chi connectivity index (χ2n) is 6.87. The van der Waals surface area contributed by atoms with Crippen LogP contribution in [-0.4, -0.2) is 23.8 Å². The number of amides is 1. The number of ether oxygens (including phenoxy) is 1. The highest BCUT2D eigenvalue weighted by Gasteiger charge is 2.16. The molecule has 0 aliphatic heterocycles. The summed E-state index contributed by atoms with van der Waals surface area (Å²) in [6.45, 7) is 2.95. The first-order valence-corrected chi connectivity index (χ1v) is 10.9. The quantitative estimate of drug-likeness (QED) is 0.254. The highest BCUT2D eigenvalue weighted by molar-refractivity contribution is 9.10. The number of halogens is 1. The number of aliphatic hydroxyl groups excluding tert-OH is 1. The number of aliphatic hydroxyl groups is 1. The lowest BCUT2D eigenvalue weighted by Gasteiger charge is -2.09. The van der Waals surface area contributed by atoms with E-state index in [9.17, 15) is 9.90 Å². The van der Waals surface area contributed by atoms with Crippen LogP contribution in [0.5, 0.6) is 5.75 Å². The number of hydrogen-bond acceptors (Lipinski definition) is 4. The minimum Gasteiger partial charge on any atom is -0.494 e. The van der Waals surface area contributed by atoms with Crippen LogP contribution >= 0.6 is 15.9 Å². The van der Waals surface area contributed by atoms with Gasteiger partial charge in [-0.25, -0.2) is 5.43 Å². The Bertz CT molecular complexity index is 761. The van der Waals surface area contributed by atoms with Crippen LogP contribution in [-0.2, 0) is 4.79 Å². The normalized spacial score (nSPS) is 12.1. The molecular weight excluding hydrogens is 432 g/mol. The van der Waals surface area contributed by atoms with Crippen LogP contribution in [0.1, 0.15) is 62.7 Å². The van der Waals surface area contributed by atoms with E-state index in [2.05, 4.69) is 33.4 Å². The minimum atomic E-state index is -1.27. The highest BCUT2D eigenvalue weighted by Crippen LogP contribution is 2.17. The first-order valence-electron chi connectivity index (χ1n) is 10.1. The van der Waals surface area contributed by atoms with Gasteiger partial charge in [0.15, 0.2) is 6.10 Å². The van der Waals surface area contributed by atoms with Crippen LogP contribution in [0.15, 0.2) is 58.1 Å². The second kappa shape index (κ2) is 13.1. The molecule has 0 saturated carbocycles. The molecule has 1 atom stereocenters. The average molecular weight is 461 g/mol. The van der Waals surface area contributed by atoms with Gasteiger partial charge in [0.05, 0.1) is 12.8 Å². The third-order valence-corrected chi connectivity index (χ3v) is 5.00.